The number of anilines is 1. The number of carbonyl (C=O) groups is 1. The maximum absolute atomic E-state index is 12.8. The van der Waals surface area contributed by atoms with Gasteiger partial charge in [0.25, 0.3) is 5.91 Å². The van der Waals surface area contributed by atoms with Crippen molar-refractivity contribution in [2.75, 3.05) is 44.7 Å². The van der Waals surface area contributed by atoms with Crippen LogP contribution in [0.2, 0.25) is 0 Å². The molecular weight excluding hydrogens is 486 g/mol. The van der Waals surface area contributed by atoms with Gasteiger partial charge in [0, 0.05) is 30.9 Å². The summed E-state index contributed by atoms with van der Waals surface area (Å²) >= 11 is 0. The van der Waals surface area contributed by atoms with E-state index in [-0.39, 0.29) is 10.8 Å². The molecule has 3 aromatic rings. The zero-order valence-corrected chi connectivity index (χ0v) is 21.7. The number of nitrogens with zero attached hydrogens (tertiary/aromatic N) is 2. The van der Waals surface area contributed by atoms with E-state index in [0.29, 0.717) is 43.5 Å². The molecule has 0 radical (unpaired) electrons. The maximum Gasteiger partial charge on any atom is 0.255 e. The quantitative estimate of drug-likeness (QED) is 0.503. The average Bonchev–Trinajstić information content (AvgIpc) is 2.95. The van der Waals surface area contributed by atoms with Gasteiger partial charge in [0.2, 0.25) is 10.0 Å². The highest BCUT2D eigenvalue weighted by Crippen LogP contribution is 2.28. The Labute approximate surface area is 219 Å². The summed E-state index contributed by atoms with van der Waals surface area (Å²) in [5.41, 5.74) is 3.74. The summed E-state index contributed by atoms with van der Waals surface area (Å²) in [7, 11) is -3.56. The van der Waals surface area contributed by atoms with Gasteiger partial charge in [-0.3, -0.25) is 9.69 Å². The fourth-order valence-electron chi connectivity index (χ4n) is 5.02. The number of benzene rings is 3. The van der Waals surface area contributed by atoms with Crippen LogP contribution in [0, 0.1) is 0 Å². The number of sulfonamides is 1. The highest BCUT2D eigenvalue weighted by molar-refractivity contribution is 7.89. The normalized spacial score (nSPS) is 17.9. The number of ether oxygens (including phenoxy) is 1. The van der Waals surface area contributed by atoms with Crippen LogP contribution >= 0.6 is 0 Å². The maximum atomic E-state index is 12.8. The first-order valence-corrected chi connectivity index (χ1v) is 14.3. The summed E-state index contributed by atoms with van der Waals surface area (Å²) in [6, 6.07) is 24.8. The SMILES string of the molecule is O=C(Nc1ccc(S(=O)(=O)N2CCOCC2)cc1)c1ccc(CN2CCC(c3ccccc3)CC2)cc1. The minimum absolute atomic E-state index is 0.213. The van der Waals surface area contributed by atoms with Gasteiger partial charge in [0.15, 0.2) is 0 Å². The van der Waals surface area contributed by atoms with Gasteiger partial charge in [0.1, 0.15) is 0 Å². The zero-order chi connectivity index (χ0) is 25.7. The molecule has 2 aliphatic heterocycles. The van der Waals surface area contributed by atoms with Crippen LogP contribution in [0.5, 0.6) is 0 Å². The van der Waals surface area contributed by atoms with E-state index in [1.54, 1.807) is 12.1 Å². The third-order valence-electron chi connectivity index (χ3n) is 7.20. The lowest BCUT2D eigenvalue weighted by molar-refractivity contribution is 0.0730. The lowest BCUT2D eigenvalue weighted by atomic mass is 9.89. The first kappa shape index (κ1) is 25.6. The molecule has 0 bridgehead atoms. The van der Waals surface area contributed by atoms with Crippen molar-refractivity contribution in [2.45, 2.75) is 30.2 Å². The lowest BCUT2D eigenvalue weighted by Gasteiger charge is -2.32. The fourth-order valence-corrected chi connectivity index (χ4v) is 6.43. The third kappa shape index (κ3) is 6.27. The molecule has 0 atom stereocenters. The standard InChI is InChI=1S/C29H33N3O4S/c33-29(30-27-10-12-28(13-11-27)37(34,35)32-18-20-36-21-19-32)26-8-6-23(7-9-26)22-31-16-14-25(15-17-31)24-4-2-1-3-5-24/h1-13,25H,14-22H2,(H,30,33). The molecule has 0 spiro atoms. The molecule has 2 aliphatic rings. The largest absolute Gasteiger partial charge is 0.379 e. The second-order valence-electron chi connectivity index (χ2n) is 9.65. The van der Waals surface area contributed by atoms with Gasteiger partial charge < -0.3 is 10.1 Å². The molecule has 1 amide bonds. The van der Waals surface area contributed by atoms with E-state index in [9.17, 15) is 13.2 Å². The van der Waals surface area contributed by atoms with Gasteiger partial charge in [0.05, 0.1) is 18.1 Å². The van der Waals surface area contributed by atoms with Crippen molar-refractivity contribution in [3.8, 4) is 0 Å². The van der Waals surface area contributed by atoms with Crippen LogP contribution in [0.25, 0.3) is 0 Å². The van der Waals surface area contributed by atoms with Gasteiger partial charge in [-0.2, -0.15) is 4.31 Å². The highest BCUT2D eigenvalue weighted by atomic mass is 32.2. The van der Waals surface area contributed by atoms with Crippen LogP contribution in [-0.4, -0.2) is 62.9 Å². The van der Waals surface area contributed by atoms with Crippen molar-refractivity contribution in [1.82, 2.24) is 9.21 Å². The molecule has 5 rings (SSSR count). The molecule has 0 unspecified atom stereocenters. The van der Waals surface area contributed by atoms with Crippen LogP contribution in [0.1, 0.15) is 40.2 Å². The van der Waals surface area contributed by atoms with Crippen LogP contribution in [0.3, 0.4) is 0 Å². The van der Waals surface area contributed by atoms with E-state index >= 15 is 0 Å². The van der Waals surface area contributed by atoms with E-state index in [1.165, 1.54) is 27.6 Å². The lowest BCUT2D eigenvalue weighted by Crippen LogP contribution is -2.40. The smallest absolute Gasteiger partial charge is 0.255 e. The minimum Gasteiger partial charge on any atom is -0.379 e. The van der Waals surface area contributed by atoms with E-state index in [4.69, 9.17) is 4.74 Å². The van der Waals surface area contributed by atoms with Crippen LogP contribution in [-0.2, 0) is 21.3 Å². The van der Waals surface area contributed by atoms with Gasteiger partial charge >= 0.3 is 0 Å². The van der Waals surface area contributed by atoms with Gasteiger partial charge in [-0.25, -0.2) is 8.42 Å². The Morgan fingerprint density at radius 2 is 1.49 bits per heavy atom. The molecule has 3 aromatic carbocycles. The highest BCUT2D eigenvalue weighted by Gasteiger charge is 2.26. The van der Waals surface area contributed by atoms with E-state index in [2.05, 4.69) is 40.5 Å². The molecule has 0 saturated carbocycles. The first-order chi connectivity index (χ1) is 18.0. The molecule has 0 aromatic heterocycles. The number of carbonyl (C=O) groups excluding carboxylic acids is 1. The van der Waals surface area contributed by atoms with Crippen molar-refractivity contribution in [3.05, 3.63) is 95.6 Å². The molecule has 8 heteroatoms. The van der Waals surface area contributed by atoms with Crippen molar-refractivity contribution in [2.24, 2.45) is 0 Å². The summed E-state index contributed by atoms with van der Waals surface area (Å²) < 4.78 is 32.2. The number of nitrogens with one attached hydrogen (secondary N) is 1. The predicted octanol–water partition coefficient (Wildman–Crippen LogP) is 4.34. The Balaban J connectivity index is 1.13. The van der Waals surface area contributed by atoms with Gasteiger partial charge in [-0.05, 0) is 79.4 Å². The molecule has 7 nitrogen and oxygen atoms in total. The molecule has 2 saturated heterocycles. The number of likely N-dealkylation sites (tertiary alicyclic amines) is 1. The third-order valence-corrected chi connectivity index (χ3v) is 9.11. The monoisotopic (exact) mass is 519 g/mol. The molecule has 2 heterocycles. The molecule has 0 aliphatic carbocycles. The Kier molecular flexibility index (Phi) is 8.00. The Morgan fingerprint density at radius 1 is 0.838 bits per heavy atom. The summed E-state index contributed by atoms with van der Waals surface area (Å²) in [5, 5.41) is 2.86. The first-order valence-electron chi connectivity index (χ1n) is 12.8. The predicted molar refractivity (Wildman–Crippen MR) is 144 cm³/mol. The molecule has 37 heavy (non-hydrogen) atoms. The Bertz CT molecular complexity index is 1280. The number of morpholine rings is 1. The van der Waals surface area contributed by atoms with Crippen LogP contribution < -0.4 is 5.32 Å². The van der Waals surface area contributed by atoms with Crippen molar-refractivity contribution < 1.29 is 17.9 Å². The summed E-state index contributed by atoms with van der Waals surface area (Å²) in [5.74, 6) is 0.413. The molecule has 194 valence electrons. The second-order valence-corrected chi connectivity index (χ2v) is 11.6. The molecule has 2 fully saturated rings. The second kappa shape index (κ2) is 11.6. The number of hydrogen-bond donors (Lipinski definition) is 1. The summed E-state index contributed by atoms with van der Waals surface area (Å²) in [6.07, 6.45) is 2.33. The summed E-state index contributed by atoms with van der Waals surface area (Å²) in [6.45, 7) is 4.52. The van der Waals surface area contributed by atoms with Crippen LogP contribution in [0.15, 0.2) is 83.8 Å². The summed E-state index contributed by atoms with van der Waals surface area (Å²) in [4.78, 5) is 15.4. The Hall–Kier alpha value is -3.04. The van der Waals surface area contributed by atoms with E-state index < -0.39 is 10.0 Å². The van der Waals surface area contributed by atoms with E-state index in [1.807, 2.05) is 24.3 Å². The topological polar surface area (TPSA) is 79.0 Å². The number of hydrogen-bond acceptors (Lipinski definition) is 5. The van der Waals surface area contributed by atoms with Crippen molar-refractivity contribution >= 4 is 21.6 Å². The zero-order valence-electron chi connectivity index (χ0n) is 20.9. The van der Waals surface area contributed by atoms with E-state index in [0.717, 1.165) is 32.5 Å². The number of rotatable bonds is 7. The van der Waals surface area contributed by atoms with Crippen molar-refractivity contribution in [3.63, 3.8) is 0 Å². The molecular formula is C29H33N3O4S. The van der Waals surface area contributed by atoms with Crippen LogP contribution in [0.4, 0.5) is 5.69 Å². The van der Waals surface area contributed by atoms with Gasteiger partial charge in [-0.15, -0.1) is 0 Å². The minimum atomic E-state index is -3.56. The molecule has 1 N–H and O–H groups in total. The number of amides is 1. The van der Waals surface area contributed by atoms with Gasteiger partial charge in [-0.1, -0.05) is 42.5 Å². The number of piperidine rings is 1. The average molecular weight is 520 g/mol. The van der Waals surface area contributed by atoms with Crippen molar-refractivity contribution in [1.29, 1.82) is 0 Å². The fraction of sp³-hybridized carbons (Fsp3) is 0.345. The Morgan fingerprint density at radius 3 is 2.14 bits per heavy atom.